The van der Waals surface area contributed by atoms with E-state index in [0.29, 0.717) is 0 Å². The maximum absolute atomic E-state index is 2.82. The minimum atomic E-state index is -1.49. The highest BCUT2D eigenvalue weighted by Gasteiger charge is 2.59. The van der Waals surface area contributed by atoms with Crippen LogP contribution >= 0.6 is 0 Å². The first-order valence-electron chi connectivity index (χ1n) is 14.3. The summed E-state index contributed by atoms with van der Waals surface area (Å²) in [6.07, 6.45) is 10.8. The topological polar surface area (TPSA) is 0 Å². The number of hydrogen-bond acceptors (Lipinski definition) is 0. The second-order valence-electron chi connectivity index (χ2n) is 13.3. The molecule has 8 atom stereocenters. The quantitative estimate of drug-likeness (QED) is 0.382. The summed E-state index contributed by atoms with van der Waals surface area (Å²) in [6, 6.07) is 18.2. The second kappa shape index (κ2) is 8.62. The molecule has 0 N–H and O–H groups in total. The zero-order valence-corrected chi connectivity index (χ0v) is 23.7. The van der Waals surface area contributed by atoms with Gasteiger partial charge in [-0.2, -0.15) is 0 Å². The van der Waals surface area contributed by atoms with Gasteiger partial charge in [0.25, 0.3) is 0 Å². The van der Waals surface area contributed by atoms with Crippen LogP contribution in [0.3, 0.4) is 0 Å². The fourth-order valence-corrected chi connectivity index (χ4v) is 16.8. The summed E-state index contributed by atoms with van der Waals surface area (Å²) in [5.74, 6) is 5.10. The third kappa shape index (κ3) is 3.59. The molecule has 0 amide bonds. The molecule has 35 heavy (non-hydrogen) atoms. The van der Waals surface area contributed by atoms with E-state index in [4.69, 9.17) is 0 Å². The van der Waals surface area contributed by atoms with Crippen molar-refractivity contribution in [2.75, 3.05) is 0 Å². The summed E-state index contributed by atoms with van der Waals surface area (Å²) in [5.41, 5.74) is 11.3. The molecular formula is C34H44Si. The summed E-state index contributed by atoms with van der Waals surface area (Å²) in [7, 11) is -1.49. The van der Waals surface area contributed by atoms with Crippen molar-refractivity contribution < 1.29 is 0 Å². The molecular weight excluding hydrogens is 436 g/mol. The Balaban J connectivity index is 1.27. The number of benzene rings is 2. The fourth-order valence-electron chi connectivity index (χ4n) is 10.2. The predicted molar refractivity (Wildman–Crippen MR) is 154 cm³/mol. The number of allylic oxidation sites excluding steroid dienone is 4. The molecule has 0 aromatic heterocycles. The van der Waals surface area contributed by atoms with E-state index < -0.39 is 8.07 Å². The SMILES string of the molecule is Cc1ccccc1C1=CCC2C1CC(C)C2[Si](C)(C)C1C(C)CC2C(c3ccccc3C)=CCC21. The molecule has 2 fully saturated rings. The van der Waals surface area contributed by atoms with Crippen LogP contribution in [0.1, 0.15) is 61.8 Å². The van der Waals surface area contributed by atoms with Gasteiger partial charge in [0.1, 0.15) is 0 Å². The van der Waals surface area contributed by atoms with E-state index in [1.807, 2.05) is 0 Å². The average molecular weight is 481 g/mol. The van der Waals surface area contributed by atoms with Crippen molar-refractivity contribution in [3.05, 3.63) is 82.9 Å². The van der Waals surface area contributed by atoms with Crippen LogP contribution in [-0.2, 0) is 0 Å². The standard InChI is InChI=1S/C34H44Si/c1-21-11-7-9-13-25(21)27-15-17-29-31(27)19-23(3)33(29)35(5,6)34-24(4)20-32-28(16-18-30(32)34)26-14-10-8-12-22(26)2/h7-16,23-24,29-34H,17-20H2,1-6H3. The molecule has 0 radical (unpaired) electrons. The van der Waals surface area contributed by atoms with E-state index in [9.17, 15) is 0 Å². The molecule has 4 aliphatic rings. The summed E-state index contributed by atoms with van der Waals surface area (Å²) in [6.45, 7) is 15.5. The Kier molecular flexibility index (Phi) is 5.79. The molecule has 0 nitrogen and oxygen atoms in total. The lowest BCUT2D eigenvalue weighted by molar-refractivity contribution is 0.437. The van der Waals surface area contributed by atoms with Gasteiger partial charge < -0.3 is 0 Å². The lowest BCUT2D eigenvalue weighted by Crippen LogP contribution is -2.45. The molecule has 4 aliphatic carbocycles. The van der Waals surface area contributed by atoms with Crippen molar-refractivity contribution in [3.63, 3.8) is 0 Å². The smallest absolute Gasteiger partial charge is 0.0547 e. The summed E-state index contributed by atoms with van der Waals surface area (Å²) < 4.78 is 0. The van der Waals surface area contributed by atoms with Crippen LogP contribution in [0, 0.1) is 49.4 Å². The third-order valence-electron chi connectivity index (χ3n) is 11.1. The minimum absolute atomic E-state index is 0.791. The zero-order valence-electron chi connectivity index (χ0n) is 22.7. The maximum Gasteiger partial charge on any atom is 0.0547 e. The van der Waals surface area contributed by atoms with Gasteiger partial charge in [-0.3, -0.25) is 0 Å². The lowest BCUT2D eigenvalue weighted by atomic mass is 9.88. The van der Waals surface area contributed by atoms with Crippen LogP contribution in [0.2, 0.25) is 24.2 Å². The van der Waals surface area contributed by atoms with Crippen LogP contribution < -0.4 is 0 Å². The monoisotopic (exact) mass is 480 g/mol. The third-order valence-corrected chi connectivity index (χ3v) is 16.5. The van der Waals surface area contributed by atoms with E-state index >= 15 is 0 Å². The van der Waals surface area contributed by atoms with Gasteiger partial charge in [-0.1, -0.05) is 87.6 Å². The summed E-state index contributed by atoms with van der Waals surface area (Å²) >= 11 is 0. The average Bonchev–Trinajstić information content (AvgIpc) is 3.54. The van der Waals surface area contributed by atoms with Crippen LogP contribution in [0.4, 0.5) is 0 Å². The van der Waals surface area contributed by atoms with Gasteiger partial charge in [0.2, 0.25) is 0 Å². The van der Waals surface area contributed by atoms with Crippen LogP contribution in [0.15, 0.2) is 60.7 Å². The summed E-state index contributed by atoms with van der Waals surface area (Å²) in [5, 5.41) is 0. The molecule has 2 aromatic carbocycles. The number of rotatable bonds is 4. The van der Waals surface area contributed by atoms with E-state index in [2.05, 4.69) is 101 Å². The van der Waals surface area contributed by atoms with Gasteiger partial charge in [-0.05, 0) is 120 Å². The molecule has 0 heterocycles. The molecule has 0 saturated heterocycles. The molecule has 0 bridgehead atoms. The number of aryl methyl sites for hydroxylation is 2. The molecule has 6 rings (SSSR count). The fraction of sp³-hybridized carbons (Fsp3) is 0.529. The van der Waals surface area contributed by atoms with Crippen LogP contribution in [-0.4, -0.2) is 8.07 Å². The van der Waals surface area contributed by atoms with Gasteiger partial charge >= 0.3 is 0 Å². The normalized spacial score (nSPS) is 36.2. The Morgan fingerprint density at radius 1 is 0.629 bits per heavy atom. The van der Waals surface area contributed by atoms with Crippen molar-refractivity contribution >= 4 is 19.2 Å². The number of fused-ring (bicyclic) bond motifs is 2. The van der Waals surface area contributed by atoms with Crippen LogP contribution in [0.25, 0.3) is 11.1 Å². The van der Waals surface area contributed by atoms with Crippen molar-refractivity contribution in [3.8, 4) is 0 Å². The summed E-state index contributed by atoms with van der Waals surface area (Å²) in [4.78, 5) is 0. The highest BCUT2D eigenvalue weighted by atomic mass is 28.3. The molecule has 1 heteroatoms. The van der Waals surface area contributed by atoms with Crippen molar-refractivity contribution in [2.24, 2.45) is 35.5 Å². The lowest BCUT2D eigenvalue weighted by Gasteiger charge is -2.45. The van der Waals surface area contributed by atoms with E-state index in [1.165, 1.54) is 47.9 Å². The van der Waals surface area contributed by atoms with E-state index in [0.717, 1.165) is 46.6 Å². The van der Waals surface area contributed by atoms with Gasteiger partial charge in [0, 0.05) is 0 Å². The molecule has 2 saturated carbocycles. The first kappa shape index (κ1) is 23.5. The Morgan fingerprint density at radius 2 is 1.03 bits per heavy atom. The largest absolute Gasteiger partial charge is 0.0801 e. The van der Waals surface area contributed by atoms with Gasteiger partial charge in [0.05, 0.1) is 8.07 Å². The maximum atomic E-state index is 2.82. The van der Waals surface area contributed by atoms with Crippen LogP contribution in [0.5, 0.6) is 0 Å². The van der Waals surface area contributed by atoms with Crippen molar-refractivity contribution in [1.82, 2.24) is 0 Å². The van der Waals surface area contributed by atoms with E-state index in [1.54, 1.807) is 11.1 Å². The van der Waals surface area contributed by atoms with Crippen molar-refractivity contribution in [2.45, 2.75) is 77.6 Å². The zero-order chi connectivity index (χ0) is 24.5. The Labute approximate surface area is 214 Å². The highest BCUT2D eigenvalue weighted by molar-refractivity contribution is 6.80. The Morgan fingerprint density at radius 3 is 1.43 bits per heavy atom. The Hall–Kier alpha value is -1.86. The molecule has 184 valence electrons. The molecule has 0 spiro atoms. The first-order valence-corrected chi connectivity index (χ1v) is 17.5. The van der Waals surface area contributed by atoms with Crippen molar-refractivity contribution in [1.29, 1.82) is 0 Å². The first-order chi connectivity index (χ1) is 16.8. The second-order valence-corrected chi connectivity index (χ2v) is 18.2. The molecule has 2 aromatic rings. The molecule has 8 unspecified atom stereocenters. The van der Waals surface area contributed by atoms with E-state index in [-0.39, 0.29) is 0 Å². The molecule has 0 aliphatic heterocycles. The van der Waals surface area contributed by atoms with Gasteiger partial charge in [-0.15, -0.1) is 0 Å². The predicted octanol–water partition coefficient (Wildman–Crippen LogP) is 9.57. The van der Waals surface area contributed by atoms with Gasteiger partial charge in [0.15, 0.2) is 0 Å². The van der Waals surface area contributed by atoms with Gasteiger partial charge in [-0.25, -0.2) is 0 Å². The Bertz CT molecular complexity index is 1090. The highest BCUT2D eigenvalue weighted by Crippen LogP contribution is 2.67. The number of hydrogen-bond donors (Lipinski definition) is 0. The minimum Gasteiger partial charge on any atom is -0.0801 e.